The molecule has 0 radical (unpaired) electrons. The van der Waals surface area contributed by atoms with Crippen molar-refractivity contribution < 1.29 is 9.90 Å². The first kappa shape index (κ1) is 13.9. The largest absolute Gasteiger partial charge is 0.480 e. The van der Waals surface area contributed by atoms with Crippen LogP contribution in [0, 0.1) is 5.92 Å². The quantitative estimate of drug-likeness (QED) is 0.817. The van der Waals surface area contributed by atoms with Crippen LogP contribution in [0.5, 0.6) is 0 Å². The minimum absolute atomic E-state index is 0.226. The van der Waals surface area contributed by atoms with Gasteiger partial charge in [-0.3, -0.25) is 9.69 Å². The Morgan fingerprint density at radius 1 is 1.28 bits per heavy atom. The van der Waals surface area contributed by atoms with Crippen LogP contribution in [-0.4, -0.2) is 34.6 Å². The highest BCUT2D eigenvalue weighted by Gasteiger charge is 2.38. The summed E-state index contributed by atoms with van der Waals surface area (Å²) in [6.45, 7) is 3.14. The lowest BCUT2D eigenvalue weighted by Crippen LogP contribution is -2.54. The van der Waals surface area contributed by atoms with Gasteiger partial charge in [-0.05, 0) is 44.6 Å². The molecule has 3 heteroatoms. The van der Waals surface area contributed by atoms with Gasteiger partial charge in [0.25, 0.3) is 0 Å². The molecule has 18 heavy (non-hydrogen) atoms. The third kappa shape index (κ3) is 3.05. The molecule has 1 unspecified atom stereocenters. The number of carbonyl (C=O) groups is 1. The van der Waals surface area contributed by atoms with Gasteiger partial charge in [0.15, 0.2) is 0 Å². The molecule has 3 atom stereocenters. The fourth-order valence-corrected chi connectivity index (χ4v) is 3.88. The lowest BCUT2D eigenvalue weighted by atomic mass is 9.77. The Balaban J connectivity index is 2.04. The second kappa shape index (κ2) is 6.55. The zero-order valence-electron chi connectivity index (χ0n) is 11.6. The first-order valence-electron chi connectivity index (χ1n) is 7.72. The molecule has 1 N–H and O–H groups in total. The second-order valence-electron chi connectivity index (χ2n) is 5.99. The normalized spacial score (nSPS) is 30.7. The number of carboxylic acid groups (broad SMARTS) is 1. The summed E-state index contributed by atoms with van der Waals surface area (Å²) in [4.78, 5) is 13.9. The van der Waals surface area contributed by atoms with E-state index < -0.39 is 5.97 Å². The number of aliphatic carboxylic acids is 1. The minimum atomic E-state index is -0.602. The highest BCUT2D eigenvalue weighted by atomic mass is 16.4. The predicted molar refractivity (Wildman–Crippen MR) is 72.6 cm³/mol. The van der Waals surface area contributed by atoms with Crippen LogP contribution >= 0.6 is 0 Å². The molecule has 2 rings (SSSR count). The molecule has 2 fully saturated rings. The van der Waals surface area contributed by atoms with E-state index in [1.54, 1.807) is 0 Å². The van der Waals surface area contributed by atoms with Gasteiger partial charge >= 0.3 is 5.97 Å². The van der Waals surface area contributed by atoms with Crippen LogP contribution in [-0.2, 0) is 4.79 Å². The van der Waals surface area contributed by atoms with Gasteiger partial charge in [-0.15, -0.1) is 0 Å². The molecule has 1 saturated carbocycles. The lowest BCUT2D eigenvalue weighted by molar-refractivity contribution is -0.146. The molecule has 2 aliphatic rings. The molecule has 0 amide bonds. The van der Waals surface area contributed by atoms with Crippen molar-refractivity contribution in [2.75, 3.05) is 6.54 Å². The lowest BCUT2D eigenvalue weighted by Gasteiger charge is -2.46. The SMILES string of the molecule is CCCCC(C(=O)O)N1CCC[C@H]2CCCC[C@H]21. The van der Waals surface area contributed by atoms with E-state index in [9.17, 15) is 9.90 Å². The van der Waals surface area contributed by atoms with Crippen molar-refractivity contribution in [1.29, 1.82) is 0 Å². The molecule has 104 valence electrons. The van der Waals surface area contributed by atoms with Crippen molar-refractivity contribution in [1.82, 2.24) is 4.90 Å². The summed E-state index contributed by atoms with van der Waals surface area (Å²) in [5.74, 6) is 0.172. The minimum Gasteiger partial charge on any atom is -0.480 e. The van der Waals surface area contributed by atoms with Crippen LogP contribution in [0.2, 0.25) is 0 Å². The standard InChI is InChI=1S/C15H27NO2/c1-2-3-9-14(15(17)18)16-11-6-8-12-7-4-5-10-13(12)16/h12-14H,2-11H2,1H3,(H,17,18)/t12-,13-,14?/m1/s1. The second-order valence-corrected chi connectivity index (χ2v) is 5.99. The molecule has 1 heterocycles. The highest BCUT2D eigenvalue weighted by molar-refractivity contribution is 5.73. The molecule has 0 aromatic heterocycles. The molecule has 0 bridgehead atoms. The third-order valence-corrected chi connectivity index (χ3v) is 4.80. The maximum Gasteiger partial charge on any atom is 0.320 e. The van der Waals surface area contributed by atoms with Gasteiger partial charge in [0, 0.05) is 6.04 Å². The summed E-state index contributed by atoms with van der Waals surface area (Å²) < 4.78 is 0. The van der Waals surface area contributed by atoms with Crippen LogP contribution in [0.25, 0.3) is 0 Å². The topological polar surface area (TPSA) is 40.5 Å². The molecular formula is C15H27NO2. The Bertz CT molecular complexity index is 278. The van der Waals surface area contributed by atoms with Gasteiger partial charge in [-0.2, -0.15) is 0 Å². The zero-order chi connectivity index (χ0) is 13.0. The number of hydrogen-bond acceptors (Lipinski definition) is 2. The number of likely N-dealkylation sites (tertiary alicyclic amines) is 1. The van der Waals surface area contributed by atoms with Crippen molar-refractivity contribution in [3.8, 4) is 0 Å². The third-order valence-electron chi connectivity index (χ3n) is 4.80. The van der Waals surface area contributed by atoms with Gasteiger partial charge in [0.2, 0.25) is 0 Å². The van der Waals surface area contributed by atoms with E-state index in [0.29, 0.717) is 6.04 Å². The summed E-state index contributed by atoms with van der Waals surface area (Å²) in [5, 5.41) is 9.50. The van der Waals surface area contributed by atoms with E-state index in [2.05, 4.69) is 11.8 Å². The van der Waals surface area contributed by atoms with Crippen LogP contribution < -0.4 is 0 Å². The van der Waals surface area contributed by atoms with Crippen LogP contribution in [0.15, 0.2) is 0 Å². The molecule has 0 aromatic carbocycles. The van der Waals surface area contributed by atoms with Crippen molar-refractivity contribution in [2.24, 2.45) is 5.92 Å². The average Bonchev–Trinajstić information content (AvgIpc) is 2.39. The number of piperidine rings is 1. The number of unbranched alkanes of at least 4 members (excludes halogenated alkanes) is 1. The van der Waals surface area contributed by atoms with Gasteiger partial charge in [-0.25, -0.2) is 0 Å². The molecule has 0 aromatic rings. The van der Waals surface area contributed by atoms with E-state index in [1.165, 1.54) is 38.5 Å². The van der Waals surface area contributed by atoms with Crippen molar-refractivity contribution in [3.63, 3.8) is 0 Å². The predicted octanol–water partition coefficient (Wildman–Crippen LogP) is 3.28. The van der Waals surface area contributed by atoms with Crippen molar-refractivity contribution in [3.05, 3.63) is 0 Å². The Hall–Kier alpha value is -0.570. The number of fused-ring (bicyclic) bond motifs is 1. The van der Waals surface area contributed by atoms with Gasteiger partial charge in [0.1, 0.15) is 6.04 Å². The van der Waals surface area contributed by atoms with E-state index in [1.807, 2.05) is 0 Å². The molecule has 1 saturated heterocycles. The summed E-state index contributed by atoms with van der Waals surface area (Å²) in [6.07, 6.45) is 10.6. The Morgan fingerprint density at radius 3 is 2.72 bits per heavy atom. The van der Waals surface area contributed by atoms with E-state index in [-0.39, 0.29) is 6.04 Å². The number of carboxylic acids is 1. The smallest absolute Gasteiger partial charge is 0.320 e. The van der Waals surface area contributed by atoms with Crippen LogP contribution in [0.3, 0.4) is 0 Å². The average molecular weight is 253 g/mol. The highest BCUT2D eigenvalue weighted by Crippen LogP contribution is 2.36. The van der Waals surface area contributed by atoms with Gasteiger partial charge in [0.05, 0.1) is 0 Å². The van der Waals surface area contributed by atoms with Crippen LogP contribution in [0.4, 0.5) is 0 Å². The molecule has 1 aliphatic heterocycles. The van der Waals surface area contributed by atoms with Gasteiger partial charge < -0.3 is 5.11 Å². The van der Waals surface area contributed by atoms with Crippen molar-refractivity contribution >= 4 is 5.97 Å². The fraction of sp³-hybridized carbons (Fsp3) is 0.933. The Kier molecular flexibility index (Phi) is 5.04. The van der Waals surface area contributed by atoms with Crippen molar-refractivity contribution in [2.45, 2.75) is 76.8 Å². The van der Waals surface area contributed by atoms with E-state index in [0.717, 1.165) is 31.7 Å². The maximum absolute atomic E-state index is 11.5. The maximum atomic E-state index is 11.5. The van der Waals surface area contributed by atoms with Crippen LogP contribution in [0.1, 0.15) is 64.7 Å². The molecular weight excluding hydrogens is 226 g/mol. The Morgan fingerprint density at radius 2 is 2.00 bits per heavy atom. The summed E-state index contributed by atoms with van der Waals surface area (Å²) in [7, 11) is 0. The number of hydrogen-bond donors (Lipinski definition) is 1. The van der Waals surface area contributed by atoms with Gasteiger partial charge in [-0.1, -0.05) is 32.6 Å². The first-order valence-corrected chi connectivity index (χ1v) is 7.72. The summed E-state index contributed by atoms with van der Waals surface area (Å²) in [6, 6.07) is 0.335. The molecule has 1 aliphatic carbocycles. The van der Waals surface area contributed by atoms with E-state index >= 15 is 0 Å². The number of nitrogens with zero attached hydrogens (tertiary/aromatic N) is 1. The summed E-state index contributed by atoms with van der Waals surface area (Å²) >= 11 is 0. The Labute approximate surface area is 111 Å². The zero-order valence-corrected chi connectivity index (χ0v) is 11.6. The first-order chi connectivity index (χ1) is 8.74. The molecule has 3 nitrogen and oxygen atoms in total. The number of rotatable bonds is 5. The van der Waals surface area contributed by atoms with E-state index in [4.69, 9.17) is 0 Å². The molecule has 0 spiro atoms. The fourth-order valence-electron chi connectivity index (χ4n) is 3.88. The monoisotopic (exact) mass is 253 g/mol. The summed E-state index contributed by atoms with van der Waals surface area (Å²) in [5.41, 5.74) is 0.